The quantitative estimate of drug-likeness (QED) is 0.311. The van der Waals surface area contributed by atoms with Gasteiger partial charge in [-0.25, -0.2) is 4.98 Å². The van der Waals surface area contributed by atoms with Crippen LogP contribution in [0.5, 0.6) is 0 Å². The fourth-order valence-electron chi connectivity index (χ4n) is 4.00. The van der Waals surface area contributed by atoms with Gasteiger partial charge in [-0.3, -0.25) is 9.78 Å². The topological polar surface area (TPSA) is 70.7 Å². The molecule has 0 fully saturated rings. The molecule has 3 aromatic heterocycles. The average molecular weight is 486 g/mol. The van der Waals surface area contributed by atoms with Crippen molar-refractivity contribution in [2.75, 3.05) is 0 Å². The Labute approximate surface area is 204 Å². The lowest BCUT2D eigenvalue weighted by molar-refractivity contribution is -0.141. The molecule has 0 bridgehead atoms. The molecule has 36 heavy (non-hydrogen) atoms. The fourth-order valence-corrected chi connectivity index (χ4v) is 4.00. The summed E-state index contributed by atoms with van der Waals surface area (Å²) < 4.78 is 38.0. The average Bonchev–Trinajstić information content (AvgIpc) is 2.89. The third-order valence-corrected chi connectivity index (χ3v) is 5.84. The summed E-state index contributed by atoms with van der Waals surface area (Å²) in [5.41, 5.74) is 4.71. The largest absolute Gasteiger partial charge is 0.433 e. The van der Waals surface area contributed by atoms with Gasteiger partial charge in [0, 0.05) is 36.6 Å². The number of rotatable bonds is 6. The van der Waals surface area contributed by atoms with Crippen molar-refractivity contribution >= 4 is 10.9 Å². The van der Waals surface area contributed by atoms with Crippen molar-refractivity contribution in [2.45, 2.75) is 19.3 Å². The Balaban J connectivity index is 1.36. The highest BCUT2D eigenvalue weighted by Gasteiger charge is 2.31. The molecule has 5 rings (SSSR count). The number of benzene rings is 2. The summed E-state index contributed by atoms with van der Waals surface area (Å²) in [6.07, 6.45) is -1.62. The van der Waals surface area contributed by atoms with E-state index in [4.69, 9.17) is 4.98 Å². The van der Waals surface area contributed by atoms with Gasteiger partial charge in [-0.15, -0.1) is 0 Å². The predicted octanol–water partition coefficient (Wildman–Crippen LogP) is 5.96. The van der Waals surface area contributed by atoms with Gasteiger partial charge in [0.05, 0.1) is 16.6 Å². The number of nitrogens with one attached hydrogen (secondary N) is 2. The van der Waals surface area contributed by atoms with Crippen LogP contribution in [0.2, 0.25) is 0 Å². The summed E-state index contributed by atoms with van der Waals surface area (Å²) in [7, 11) is 0. The van der Waals surface area contributed by atoms with E-state index in [1.807, 2.05) is 60.7 Å². The van der Waals surface area contributed by atoms with Crippen molar-refractivity contribution in [3.8, 4) is 22.4 Å². The van der Waals surface area contributed by atoms with Crippen LogP contribution < -0.4 is 10.9 Å². The molecule has 2 N–H and O–H groups in total. The molecule has 0 aliphatic rings. The summed E-state index contributed by atoms with van der Waals surface area (Å²) in [4.78, 5) is 23.4. The van der Waals surface area contributed by atoms with Crippen LogP contribution in [0.4, 0.5) is 13.2 Å². The molecule has 8 heteroatoms. The molecular formula is C28H21F3N4O. The van der Waals surface area contributed by atoms with Crippen LogP contribution in [0, 0.1) is 0 Å². The van der Waals surface area contributed by atoms with Gasteiger partial charge in [0.25, 0.3) is 5.56 Å². The lowest BCUT2D eigenvalue weighted by atomic mass is 9.97. The van der Waals surface area contributed by atoms with E-state index in [9.17, 15) is 18.0 Å². The van der Waals surface area contributed by atoms with E-state index < -0.39 is 11.9 Å². The molecule has 0 amide bonds. The lowest BCUT2D eigenvalue weighted by Crippen LogP contribution is -2.14. The second-order valence-corrected chi connectivity index (χ2v) is 8.34. The van der Waals surface area contributed by atoms with E-state index in [2.05, 4.69) is 15.3 Å². The Kier molecular flexibility index (Phi) is 6.35. The maximum absolute atomic E-state index is 12.7. The van der Waals surface area contributed by atoms with Gasteiger partial charge in [-0.1, -0.05) is 60.7 Å². The first kappa shape index (κ1) is 23.4. The van der Waals surface area contributed by atoms with Crippen LogP contribution in [0.1, 0.15) is 16.8 Å². The number of hydrogen-bond acceptors (Lipinski definition) is 4. The van der Waals surface area contributed by atoms with Gasteiger partial charge in [0.15, 0.2) is 0 Å². The third-order valence-electron chi connectivity index (χ3n) is 5.84. The van der Waals surface area contributed by atoms with E-state index >= 15 is 0 Å². The van der Waals surface area contributed by atoms with Gasteiger partial charge in [0.2, 0.25) is 0 Å². The number of H-pyrrole nitrogens is 1. The normalized spacial score (nSPS) is 11.6. The minimum Gasteiger partial charge on any atom is -0.328 e. The van der Waals surface area contributed by atoms with Gasteiger partial charge in [0.1, 0.15) is 5.69 Å². The number of pyridine rings is 3. The molecule has 0 spiro atoms. The maximum Gasteiger partial charge on any atom is 0.433 e. The van der Waals surface area contributed by atoms with E-state index in [-0.39, 0.29) is 5.56 Å². The molecule has 3 heterocycles. The number of alkyl halides is 3. The highest BCUT2D eigenvalue weighted by Crippen LogP contribution is 2.32. The number of fused-ring (bicyclic) bond motifs is 1. The SMILES string of the molecule is O=c1[nH]ccc2nc(-c3ccc(CNCc4ccc(C(F)(F)F)nc4)cc3)c(-c3ccccc3)cc12. The molecule has 5 nitrogen and oxygen atoms in total. The number of hydrogen-bond donors (Lipinski definition) is 2. The zero-order valence-electron chi connectivity index (χ0n) is 19.0. The van der Waals surface area contributed by atoms with Gasteiger partial charge in [-0.2, -0.15) is 13.2 Å². The second-order valence-electron chi connectivity index (χ2n) is 8.34. The number of aromatic amines is 1. The summed E-state index contributed by atoms with van der Waals surface area (Å²) in [6, 6.07) is 23.8. The first-order valence-electron chi connectivity index (χ1n) is 11.3. The van der Waals surface area contributed by atoms with Crippen LogP contribution >= 0.6 is 0 Å². The predicted molar refractivity (Wildman–Crippen MR) is 133 cm³/mol. The van der Waals surface area contributed by atoms with E-state index in [1.165, 1.54) is 12.3 Å². The van der Waals surface area contributed by atoms with Crippen LogP contribution in [0.25, 0.3) is 33.3 Å². The first-order valence-corrected chi connectivity index (χ1v) is 11.3. The summed E-state index contributed by atoms with van der Waals surface area (Å²) in [5.74, 6) is 0. The summed E-state index contributed by atoms with van der Waals surface area (Å²) in [6.45, 7) is 0.930. The lowest BCUT2D eigenvalue weighted by Gasteiger charge is -2.12. The molecule has 5 aromatic rings. The molecule has 0 aliphatic carbocycles. The van der Waals surface area contributed by atoms with Crippen molar-refractivity contribution < 1.29 is 13.2 Å². The van der Waals surface area contributed by atoms with E-state index in [1.54, 1.807) is 12.3 Å². The minimum atomic E-state index is -4.44. The molecule has 0 atom stereocenters. The van der Waals surface area contributed by atoms with Crippen molar-refractivity contribution in [3.63, 3.8) is 0 Å². The van der Waals surface area contributed by atoms with E-state index in [0.717, 1.165) is 34.0 Å². The maximum atomic E-state index is 12.7. The molecule has 0 unspecified atom stereocenters. The van der Waals surface area contributed by atoms with Crippen molar-refractivity contribution in [2.24, 2.45) is 0 Å². The second kappa shape index (κ2) is 9.75. The van der Waals surface area contributed by atoms with Crippen molar-refractivity contribution in [3.05, 3.63) is 118 Å². The standard InChI is InChI=1S/C28H21F3N4O/c29-28(30,31)25-11-8-19(17-34-25)16-32-15-18-6-9-21(10-7-18)26-22(20-4-2-1-3-5-20)14-23-24(35-26)12-13-33-27(23)36/h1-14,17,32H,15-16H2,(H,33,36). The zero-order valence-corrected chi connectivity index (χ0v) is 19.0. The highest BCUT2D eigenvalue weighted by atomic mass is 19.4. The summed E-state index contributed by atoms with van der Waals surface area (Å²) >= 11 is 0. The van der Waals surface area contributed by atoms with E-state index in [0.29, 0.717) is 29.6 Å². The molecular weight excluding hydrogens is 465 g/mol. The minimum absolute atomic E-state index is 0.187. The van der Waals surface area contributed by atoms with Gasteiger partial charge in [-0.05, 0) is 34.9 Å². The van der Waals surface area contributed by atoms with Crippen LogP contribution in [0.15, 0.2) is 96.1 Å². The molecule has 0 saturated heterocycles. The molecule has 180 valence electrons. The van der Waals surface area contributed by atoms with Crippen LogP contribution in [-0.2, 0) is 19.3 Å². The Morgan fingerprint density at radius 3 is 2.25 bits per heavy atom. The Hall–Kier alpha value is -4.30. The van der Waals surface area contributed by atoms with Gasteiger partial charge < -0.3 is 10.3 Å². The van der Waals surface area contributed by atoms with Crippen LogP contribution in [0.3, 0.4) is 0 Å². The molecule has 2 aromatic carbocycles. The highest BCUT2D eigenvalue weighted by molar-refractivity contribution is 5.91. The molecule has 0 radical (unpaired) electrons. The number of nitrogens with zero attached hydrogens (tertiary/aromatic N) is 2. The Morgan fingerprint density at radius 2 is 1.56 bits per heavy atom. The monoisotopic (exact) mass is 486 g/mol. The first-order chi connectivity index (χ1) is 17.4. The van der Waals surface area contributed by atoms with Crippen molar-refractivity contribution in [1.29, 1.82) is 0 Å². The number of halogens is 3. The zero-order chi connectivity index (χ0) is 25.1. The Bertz CT molecular complexity index is 1550. The smallest absolute Gasteiger partial charge is 0.328 e. The third kappa shape index (κ3) is 5.04. The van der Waals surface area contributed by atoms with Crippen LogP contribution in [-0.4, -0.2) is 15.0 Å². The molecule has 0 aliphatic heterocycles. The fraction of sp³-hybridized carbons (Fsp3) is 0.107. The van der Waals surface area contributed by atoms with Gasteiger partial charge >= 0.3 is 6.18 Å². The van der Waals surface area contributed by atoms with Crippen molar-refractivity contribution in [1.82, 2.24) is 20.3 Å². The molecule has 0 saturated carbocycles. The Morgan fingerprint density at radius 1 is 0.833 bits per heavy atom. The number of aromatic nitrogens is 3. The summed E-state index contributed by atoms with van der Waals surface area (Å²) in [5, 5.41) is 3.75.